The van der Waals surface area contributed by atoms with Gasteiger partial charge in [0.15, 0.2) is 17.2 Å². The maximum Gasteiger partial charge on any atom is 0.153 e. The molecular formula is C42H21O6P3S3. The van der Waals surface area contributed by atoms with Gasteiger partial charge in [0.25, 0.3) is 0 Å². The second kappa shape index (κ2) is 10.1. The Bertz CT molecular complexity index is 2790. The molecular weight excluding hydrogens is 790 g/mol. The largest absolute Gasteiger partial charge is 0.456 e. The highest BCUT2D eigenvalue weighted by atomic mass is 32.4. The van der Waals surface area contributed by atoms with E-state index >= 15 is 0 Å². The minimum Gasteiger partial charge on any atom is -0.456 e. The van der Waals surface area contributed by atoms with Gasteiger partial charge < -0.3 is 28.4 Å². The molecule has 6 aliphatic rings. The molecule has 3 atom stereocenters. The van der Waals surface area contributed by atoms with Crippen LogP contribution in [0.5, 0.6) is 69.0 Å². The Morgan fingerprint density at radius 1 is 0.259 bits per heavy atom. The number of rotatable bonds is 0. The summed E-state index contributed by atoms with van der Waals surface area (Å²) in [6.07, 6.45) is 0. The van der Waals surface area contributed by atoms with Crippen LogP contribution in [0.25, 0.3) is 0 Å². The number of hydrogen-bond acceptors (Lipinski definition) is 9. The first kappa shape index (κ1) is 30.6. The van der Waals surface area contributed by atoms with E-state index in [9.17, 15) is 0 Å². The van der Waals surface area contributed by atoms with Crippen LogP contribution in [0.1, 0.15) is 0 Å². The zero-order valence-electron chi connectivity index (χ0n) is 27.6. The quantitative estimate of drug-likeness (QED) is 0.144. The van der Waals surface area contributed by atoms with E-state index in [1.165, 1.54) is 0 Å². The molecule has 0 radical (unpaired) electrons. The normalized spacial score (nSPS) is 22.7. The van der Waals surface area contributed by atoms with Gasteiger partial charge in [-0.05, 0) is 72.8 Å². The lowest BCUT2D eigenvalue weighted by Gasteiger charge is -2.46. The molecule has 3 unspecified atom stereocenters. The number of ether oxygens (including phenoxy) is 6. The molecule has 0 N–H and O–H groups in total. The average Bonchev–Trinajstić information content (AvgIpc) is 3.18. The fraction of sp³-hybridized carbons (Fsp3) is 0. The van der Waals surface area contributed by atoms with Gasteiger partial charge in [0.1, 0.15) is 51.7 Å². The van der Waals surface area contributed by atoms with Gasteiger partial charge in [-0.2, -0.15) is 0 Å². The van der Waals surface area contributed by atoms with Crippen molar-refractivity contribution in [2.24, 2.45) is 0 Å². The molecule has 13 rings (SSSR count). The zero-order chi connectivity index (χ0) is 35.7. The van der Waals surface area contributed by atoms with E-state index < -0.39 is 18.1 Å². The number of para-hydroxylation sites is 3. The minimum absolute atomic E-state index is 0.580. The summed E-state index contributed by atoms with van der Waals surface area (Å²) in [6, 6.07) is 32.8. The van der Waals surface area contributed by atoms with Gasteiger partial charge in [-0.3, -0.25) is 0 Å². The van der Waals surface area contributed by atoms with Crippen LogP contribution < -0.4 is 76.2 Å². The zero-order valence-corrected chi connectivity index (χ0v) is 32.8. The third-order valence-corrected chi connectivity index (χ3v) is 25.5. The molecule has 6 nitrogen and oxygen atoms in total. The fourth-order valence-electron chi connectivity index (χ4n) is 8.88. The van der Waals surface area contributed by atoms with Crippen LogP contribution in [0.15, 0.2) is 127 Å². The van der Waals surface area contributed by atoms with Crippen molar-refractivity contribution in [2.75, 3.05) is 0 Å². The number of benzene rings is 7. The molecule has 0 saturated carbocycles. The monoisotopic (exact) mass is 810 g/mol. The van der Waals surface area contributed by atoms with Crippen molar-refractivity contribution < 1.29 is 28.4 Å². The Labute approximate surface area is 324 Å². The molecule has 0 saturated heterocycles. The first-order valence-electron chi connectivity index (χ1n) is 17.2. The second-order valence-electron chi connectivity index (χ2n) is 13.7. The molecule has 12 heteroatoms. The van der Waals surface area contributed by atoms with Crippen molar-refractivity contribution in [3.8, 4) is 69.0 Å². The van der Waals surface area contributed by atoms with Crippen molar-refractivity contribution in [3.05, 3.63) is 127 Å². The highest BCUT2D eigenvalue weighted by molar-refractivity contribution is 8.28. The molecule has 7 aromatic rings. The van der Waals surface area contributed by atoms with Crippen molar-refractivity contribution in [2.45, 2.75) is 0 Å². The van der Waals surface area contributed by atoms with E-state index in [1.807, 2.05) is 109 Å². The third kappa shape index (κ3) is 3.41. The maximum atomic E-state index is 7.25. The smallest absolute Gasteiger partial charge is 0.153 e. The van der Waals surface area contributed by atoms with Crippen LogP contribution in [0, 0.1) is 0 Å². The third-order valence-electron chi connectivity index (χ3n) is 11.0. The predicted molar refractivity (Wildman–Crippen MR) is 225 cm³/mol. The van der Waals surface area contributed by atoms with E-state index in [-0.39, 0.29) is 0 Å². The molecule has 0 amide bonds. The van der Waals surface area contributed by atoms with E-state index in [4.69, 9.17) is 63.8 Å². The van der Waals surface area contributed by atoms with Crippen LogP contribution in [-0.4, -0.2) is 0 Å². The topological polar surface area (TPSA) is 55.4 Å². The SMILES string of the molecule is S=P12c3ccccc3Oc3cccc(c31)Oc1c2c2c(c3c1P1(=S)c4ccccc4Oc4cccc(c41)O3)P1(=S)c3ccccc3Oc3cccc(c31)O2. The Morgan fingerprint density at radius 2 is 0.500 bits per heavy atom. The van der Waals surface area contributed by atoms with E-state index in [0.29, 0.717) is 69.0 Å². The van der Waals surface area contributed by atoms with Gasteiger partial charge in [0.05, 0.1) is 49.9 Å². The van der Waals surface area contributed by atoms with Gasteiger partial charge in [0, 0.05) is 15.9 Å². The molecule has 258 valence electrons. The van der Waals surface area contributed by atoms with Crippen molar-refractivity contribution in [3.63, 3.8) is 0 Å². The van der Waals surface area contributed by atoms with E-state index in [1.54, 1.807) is 0 Å². The molecule has 54 heavy (non-hydrogen) atoms. The number of hydrogen-bond donors (Lipinski definition) is 0. The highest BCUT2D eigenvalue weighted by Gasteiger charge is 2.56. The van der Waals surface area contributed by atoms with E-state index in [0.717, 1.165) is 47.7 Å². The lowest BCUT2D eigenvalue weighted by Crippen LogP contribution is -2.46. The summed E-state index contributed by atoms with van der Waals surface area (Å²) < 4.78 is 41.5. The summed E-state index contributed by atoms with van der Waals surface area (Å²) >= 11 is 21.7. The summed E-state index contributed by atoms with van der Waals surface area (Å²) in [5.41, 5.74) is 0. The van der Waals surface area contributed by atoms with Crippen LogP contribution in [0.2, 0.25) is 0 Å². The van der Waals surface area contributed by atoms with Crippen LogP contribution in [-0.2, 0) is 35.4 Å². The van der Waals surface area contributed by atoms with E-state index in [2.05, 4.69) is 18.2 Å². The predicted octanol–water partition coefficient (Wildman–Crippen LogP) is 7.59. The molecule has 0 bridgehead atoms. The molecule has 0 fully saturated rings. The summed E-state index contributed by atoms with van der Waals surface area (Å²) in [5.74, 6) is 7.82. The van der Waals surface area contributed by atoms with Crippen molar-refractivity contribution in [1.82, 2.24) is 0 Å². The van der Waals surface area contributed by atoms with Crippen molar-refractivity contribution in [1.29, 1.82) is 0 Å². The van der Waals surface area contributed by atoms with Gasteiger partial charge in [0.2, 0.25) is 0 Å². The summed E-state index contributed by atoms with van der Waals surface area (Å²) in [5, 5.41) is 7.65. The standard InChI is InChI=1S/C42H21O6P3S3/c52-49-31-19-4-1-10-22(31)43-25-13-7-16-28(37(25)49)46-34-40(49)35-42(50(53)32-20-5-2-11-23(32)44-26-14-8-17-29(47-35)38(26)50)36-41(34)51(54)33-21-6-3-12-24(33)45-27-15-9-18-30(48-36)39(27)51/h1-21H. The Morgan fingerprint density at radius 3 is 0.796 bits per heavy atom. The van der Waals surface area contributed by atoms with Crippen LogP contribution in [0.3, 0.4) is 0 Å². The Balaban J connectivity index is 1.28. The van der Waals surface area contributed by atoms with Gasteiger partial charge in [-0.25, -0.2) is 0 Å². The molecule has 7 aromatic carbocycles. The summed E-state index contributed by atoms with van der Waals surface area (Å²) in [6.45, 7) is 0. The molecule has 0 spiro atoms. The Kier molecular flexibility index (Phi) is 5.74. The fourth-order valence-corrected chi connectivity index (χ4v) is 23.2. The summed E-state index contributed by atoms with van der Waals surface area (Å²) in [7, 11) is 0. The molecule has 6 heterocycles. The van der Waals surface area contributed by atoms with Crippen LogP contribution in [0.4, 0.5) is 0 Å². The van der Waals surface area contributed by atoms with Gasteiger partial charge in [-0.15, -0.1) is 0 Å². The summed E-state index contributed by atoms with van der Waals surface area (Å²) in [4.78, 5) is 0. The van der Waals surface area contributed by atoms with Gasteiger partial charge >= 0.3 is 0 Å². The first-order chi connectivity index (χ1) is 26.4. The van der Waals surface area contributed by atoms with Gasteiger partial charge in [-0.1, -0.05) is 90.0 Å². The van der Waals surface area contributed by atoms with Crippen molar-refractivity contribution >= 4 is 101 Å². The molecule has 0 aliphatic carbocycles. The maximum absolute atomic E-state index is 7.25. The minimum atomic E-state index is -3.03. The lowest BCUT2D eigenvalue weighted by atomic mass is 10.2. The average molecular weight is 811 g/mol. The first-order valence-corrected chi connectivity index (χ1v) is 25.6. The lowest BCUT2D eigenvalue weighted by molar-refractivity contribution is 0.444. The van der Waals surface area contributed by atoms with Crippen LogP contribution >= 0.6 is 18.1 Å². The Hall–Kier alpha value is -4.71. The molecule has 0 aromatic heterocycles. The highest BCUT2D eigenvalue weighted by Crippen LogP contribution is 2.69. The second-order valence-corrected chi connectivity index (χ2v) is 26.4. The number of fused-ring (bicyclic) bond motifs is 15. The molecule has 6 aliphatic heterocycles.